The lowest BCUT2D eigenvalue weighted by atomic mass is 9.99. The molecule has 7 nitrogen and oxygen atoms in total. The van der Waals surface area contributed by atoms with E-state index in [1.54, 1.807) is 36.4 Å². The van der Waals surface area contributed by atoms with Gasteiger partial charge < -0.3 is 24.1 Å². The first-order valence-electron chi connectivity index (χ1n) is 11.7. The molecule has 1 aromatic carbocycles. The summed E-state index contributed by atoms with van der Waals surface area (Å²) in [6, 6.07) is 9.68. The summed E-state index contributed by atoms with van der Waals surface area (Å²) in [6.07, 6.45) is 1.61. The summed E-state index contributed by atoms with van der Waals surface area (Å²) in [7, 11) is 0. The van der Waals surface area contributed by atoms with Crippen LogP contribution in [-0.2, 0) is 9.59 Å². The van der Waals surface area contributed by atoms with Gasteiger partial charge in [-0.05, 0) is 75.8 Å². The van der Waals surface area contributed by atoms with Gasteiger partial charge >= 0.3 is 0 Å². The smallest absolute Gasteiger partial charge is 0.295 e. The van der Waals surface area contributed by atoms with Gasteiger partial charge in [-0.1, -0.05) is 20.8 Å². The number of carbonyl (C=O) groups excluding carboxylic acids is 2. The van der Waals surface area contributed by atoms with Crippen LogP contribution < -0.4 is 4.74 Å². The first-order chi connectivity index (χ1) is 15.9. The molecule has 1 atom stereocenters. The molecule has 1 N–H and O–H groups in total. The third-order valence-electron chi connectivity index (χ3n) is 5.94. The summed E-state index contributed by atoms with van der Waals surface area (Å²) in [5, 5.41) is 11.1. The quantitative estimate of drug-likeness (QED) is 0.305. The van der Waals surface area contributed by atoms with Crippen LogP contribution in [0.1, 0.15) is 56.7 Å². The van der Waals surface area contributed by atoms with Gasteiger partial charge in [-0.25, -0.2) is 0 Å². The number of aryl methyl sites for hydroxylation is 1. The van der Waals surface area contributed by atoms with Crippen LogP contribution in [0.2, 0.25) is 0 Å². The van der Waals surface area contributed by atoms with Crippen molar-refractivity contribution in [1.82, 2.24) is 9.80 Å². The molecule has 1 aliphatic rings. The molecular weight excluding hydrogens is 420 g/mol. The third-order valence-corrected chi connectivity index (χ3v) is 5.94. The fraction of sp³-hybridized carbons (Fsp3) is 0.462. The molecule has 1 unspecified atom stereocenters. The second kappa shape index (κ2) is 11.2. The van der Waals surface area contributed by atoms with Crippen LogP contribution in [0.3, 0.4) is 0 Å². The summed E-state index contributed by atoms with van der Waals surface area (Å²) in [5.41, 5.74) is 0.507. The van der Waals surface area contributed by atoms with E-state index in [-0.39, 0.29) is 11.3 Å². The number of hydrogen-bond donors (Lipinski definition) is 1. The maximum atomic E-state index is 13.1. The predicted octanol–water partition coefficient (Wildman–Crippen LogP) is 4.53. The van der Waals surface area contributed by atoms with E-state index < -0.39 is 17.7 Å². The molecule has 0 radical (unpaired) electrons. The van der Waals surface area contributed by atoms with Crippen LogP contribution in [0.5, 0.6) is 5.75 Å². The van der Waals surface area contributed by atoms with Crippen molar-refractivity contribution in [1.29, 1.82) is 0 Å². The molecule has 1 aliphatic heterocycles. The van der Waals surface area contributed by atoms with Crippen LogP contribution in [-0.4, -0.2) is 59.4 Å². The van der Waals surface area contributed by atoms with Gasteiger partial charge in [-0.2, -0.15) is 0 Å². The zero-order valence-corrected chi connectivity index (χ0v) is 20.0. The lowest BCUT2D eigenvalue weighted by Crippen LogP contribution is -2.33. The first-order valence-corrected chi connectivity index (χ1v) is 11.7. The molecule has 1 fully saturated rings. The van der Waals surface area contributed by atoms with Crippen LogP contribution in [0, 0.1) is 6.92 Å². The molecule has 1 amide bonds. The minimum absolute atomic E-state index is 0.0550. The topological polar surface area (TPSA) is 83.2 Å². The Morgan fingerprint density at radius 1 is 1.09 bits per heavy atom. The molecule has 2 heterocycles. The van der Waals surface area contributed by atoms with Crippen molar-refractivity contribution >= 4 is 17.4 Å². The van der Waals surface area contributed by atoms with Crippen molar-refractivity contribution in [2.75, 3.05) is 32.8 Å². The molecule has 0 bridgehead atoms. The standard InChI is InChI=1S/C26H34N2O5/c1-5-17-32-20-12-10-19(11-13-20)24(29)22-23(21-14-9-18(4)33-21)28(26(31)25(22)30)16-8-15-27(6-2)7-3/h9-14,23,29H,5-8,15-17H2,1-4H3/b24-22+. The number of hydrogen-bond acceptors (Lipinski definition) is 6. The molecule has 1 aromatic heterocycles. The van der Waals surface area contributed by atoms with Crippen LogP contribution in [0.4, 0.5) is 0 Å². The van der Waals surface area contributed by atoms with Gasteiger partial charge in [0.25, 0.3) is 11.7 Å². The SMILES string of the molecule is CCCOc1ccc(/C(O)=C2\C(=O)C(=O)N(CCCN(CC)CC)C2c2ccc(C)o2)cc1. The van der Waals surface area contributed by atoms with E-state index >= 15 is 0 Å². The Kier molecular flexibility index (Phi) is 8.33. The Bertz CT molecular complexity index is 988. The second-order valence-corrected chi connectivity index (χ2v) is 8.19. The highest BCUT2D eigenvalue weighted by Gasteiger charge is 2.47. The van der Waals surface area contributed by atoms with Gasteiger partial charge in [-0.15, -0.1) is 0 Å². The lowest BCUT2D eigenvalue weighted by Gasteiger charge is -2.25. The average molecular weight is 455 g/mol. The van der Waals surface area contributed by atoms with Crippen molar-refractivity contribution in [3.05, 3.63) is 59.1 Å². The fourth-order valence-corrected chi connectivity index (χ4v) is 4.10. The number of Topliss-reactive ketones (excluding diaryl/α,β-unsaturated/α-hetero) is 1. The van der Waals surface area contributed by atoms with Crippen LogP contribution in [0.15, 0.2) is 46.4 Å². The molecule has 0 saturated carbocycles. The zero-order valence-electron chi connectivity index (χ0n) is 20.0. The Balaban J connectivity index is 1.94. The fourth-order valence-electron chi connectivity index (χ4n) is 4.10. The number of likely N-dealkylation sites (tertiary alicyclic amines) is 1. The molecule has 3 rings (SSSR count). The van der Waals surface area contributed by atoms with Crippen molar-refractivity contribution in [2.24, 2.45) is 0 Å². The maximum absolute atomic E-state index is 13.1. The van der Waals surface area contributed by atoms with E-state index in [0.717, 1.165) is 26.1 Å². The average Bonchev–Trinajstić information content (AvgIpc) is 3.36. The Morgan fingerprint density at radius 3 is 2.36 bits per heavy atom. The number of nitrogens with zero attached hydrogens (tertiary/aromatic N) is 2. The molecule has 2 aromatic rings. The molecule has 7 heteroatoms. The summed E-state index contributed by atoms with van der Waals surface area (Å²) in [5.74, 6) is 0.318. The highest BCUT2D eigenvalue weighted by molar-refractivity contribution is 6.46. The van der Waals surface area contributed by atoms with Crippen LogP contribution in [0.25, 0.3) is 5.76 Å². The molecule has 33 heavy (non-hydrogen) atoms. The van der Waals surface area contributed by atoms with E-state index in [1.165, 1.54) is 4.90 Å². The summed E-state index contributed by atoms with van der Waals surface area (Å²) in [4.78, 5) is 29.8. The Labute approximate surface area is 195 Å². The van der Waals surface area contributed by atoms with Gasteiger partial charge in [0.2, 0.25) is 0 Å². The van der Waals surface area contributed by atoms with Crippen LogP contribution >= 0.6 is 0 Å². The lowest BCUT2D eigenvalue weighted by molar-refractivity contribution is -0.140. The second-order valence-electron chi connectivity index (χ2n) is 8.19. The van der Waals surface area contributed by atoms with Crippen molar-refractivity contribution in [2.45, 2.75) is 46.6 Å². The predicted molar refractivity (Wildman–Crippen MR) is 127 cm³/mol. The first kappa shape index (κ1) is 24.6. The van der Waals surface area contributed by atoms with Crippen molar-refractivity contribution in [3.8, 4) is 5.75 Å². The van der Waals surface area contributed by atoms with E-state index in [0.29, 0.717) is 42.4 Å². The number of carbonyl (C=O) groups is 2. The number of rotatable bonds is 11. The molecule has 0 aliphatic carbocycles. The summed E-state index contributed by atoms with van der Waals surface area (Å²) >= 11 is 0. The molecule has 178 valence electrons. The minimum Gasteiger partial charge on any atom is -0.507 e. The molecule has 0 spiro atoms. The van der Waals surface area contributed by atoms with Gasteiger partial charge in [0.15, 0.2) is 0 Å². The number of amides is 1. The summed E-state index contributed by atoms with van der Waals surface area (Å²) < 4.78 is 11.4. The number of benzene rings is 1. The minimum atomic E-state index is -0.758. The van der Waals surface area contributed by atoms with Gasteiger partial charge in [-0.3, -0.25) is 9.59 Å². The van der Waals surface area contributed by atoms with E-state index in [9.17, 15) is 14.7 Å². The van der Waals surface area contributed by atoms with E-state index in [4.69, 9.17) is 9.15 Å². The van der Waals surface area contributed by atoms with E-state index in [1.807, 2.05) is 13.8 Å². The maximum Gasteiger partial charge on any atom is 0.295 e. The molecule has 1 saturated heterocycles. The number of furan rings is 1. The van der Waals surface area contributed by atoms with E-state index in [2.05, 4.69) is 18.7 Å². The number of ketones is 1. The Morgan fingerprint density at radius 2 is 1.79 bits per heavy atom. The largest absolute Gasteiger partial charge is 0.507 e. The third kappa shape index (κ3) is 5.47. The summed E-state index contributed by atoms with van der Waals surface area (Å²) in [6.45, 7) is 11.7. The Hall–Kier alpha value is -3.06. The zero-order chi connectivity index (χ0) is 24.0. The monoisotopic (exact) mass is 454 g/mol. The number of aliphatic hydroxyl groups is 1. The van der Waals surface area contributed by atoms with Gasteiger partial charge in [0.05, 0.1) is 12.2 Å². The normalized spacial score (nSPS) is 17.8. The highest BCUT2D eigenvalue weighted by atomic mass is 16.5. The number of aliphatic hydroxyl groups excluding tert-OH is 1. The van der Waals surface area contributed by atoms with Gasteiger partial charge in [0, 0.05) is 12.1 Å². The highest BCUT2D eigenvalue weighted by Crippen LogP contribution is 2.40. The number of ether oxygens (including phenoxy) is 1. The van der Waals surface area contributed by atoms with Crippen molar-refractivity contribution < 1.29 is 23.8 Å². The molecular formula is C26H34N2O5. The van der Waals surface area contributed by atoms with Gasteiger partial charge in [0.1, 0.15) is 29.1 Å². The van der Waals surface area contributed by atoms with Crippen molar-refractivity contribution in [3.63, 3.8) is 0 Å².